The van der Waals surface area contributed by atoms with Crippen LogP contribution in [0.4, 0.5) is 5.69 Å². The number of fused-ring (bicyclic) bond motifs is 2. The normalized spacial score (nSPS) is 10.7. The van der Waals surface area contributed by atoms with Crippen LogP contribution in [0.3, 0.4) is 0 Å². The summed E-state index contributed by atoms with van der Waals surface area (Å²) in [7, 11) is 0. The molecule has 0 saturated carbocycles. The number of carbonyl (C=O) groups is 3. The standard InChI is InChI=1S/C18H15N3O2.C14H12N4O/c1-2-13(22)9-11-4-3-5-12(8-11)14-6-7-15(18(19)23)17-16(14)10-20-21-17;15-9-3-1-2-8(6-9)10-4-5-11(14(16)19)13-12(10)7-17-18-13/h2-8,10H,1,9H2,(H2,19,23)(H,20,21);1-7H,15H2,(H2,16,19)(H,17,18). The van der Waals surface area contributed by atoms with Crippen molar-refractivity contribution in [1.82, 2.24) is 20.4 Å². The zero-order chi connectivity index (χ0) is 29.8. The summed E-state index contributed by atoms with van der Waals surface area (Å²) in [5.74, 6) is -1.01. The van der Waals surface area contributed by atoms with E-state index in [0.29, 0.717) is 34.3 Å². The van der Waals surface area contributed by atoms with Crippen LogP contribution in [0.2, 0.25) is 0 Å². The lowest BCUT2D eigenvalue weighted by atomic mass is 9.96. The van der Waals surface area contributed by atoms with E-state index in [1.54, 1.807) is 24.5 Å². The van der Waals surface area contributed by atoms with Gasteiger partial charge in [-0.15, -0.1) is 0 Å². The molecule has 6 aromatic rings. The molecule has 0 saturated heterocycles. The molecule has 0 spiro atoms. The average molecular weight is 558 g/mol. The molecule has 0 bridgehead atoms. The Kier molecular flexibility index (Phi) is 7.61. The number of rotatable bonds is 7. The number of nitrogens with two attached hydrogens (primary N) is 3. The van der Waals surface area contributed by atoms with Crippen LogP contribution in [0.25, 0.3) is 44.1 Å². The SMILES string of the molecule is C=CC(=O)Cc1cccc(-c2ccc(C(N)=O)c3[nH]ncc23)c1.NC(=O)c1ccc(-c2cccc(N)c2)c2cn[nH]c12. The molecule has 10 nitrogen and oxygen atoms in total. The Labute approximate surface area is 240 Å². The first-order valence-corrected chi connectivity index (χ1v) is 12.9. The van der Waals surface area contributed by atoms with Crippen LogP contribution in [0.1, 0.15) is 26.3 Å². The fourth-order valence-corrected chi connectivity index (χ4v) is 4.81. The van der Waals surface area contributed by atoms with E-state index < -0.39 is 11.8 Å². The fourth-order valence-electron chi connectivity index (χ4n) is 4.81. The van der Waals surface area contributed by atoms with E-state index in [4.69, 9.17) is 17.2 Å². The van der Waals surface area contributed by atoms with Gasteiger partial charge in [0.15, 0.2) is 5.78 Å². The van der Waals surface area contributed by atoms with Crippen LogP contribution in [0.5, 0.6) is 0 Å². The average Bonchev–Trinajstić information content (AvgIpc) is 3.67. The highest BCUT2D eigenvalue weighted by Crippen LogP contribution is 2.31. The number of H-pyrrole nitrogens is 2. The number of nitrogens with one attached hydrogen (secondary N) is 2. The number of hydrogen-bond donors (Lipinski definition) is 5. The van der Waals surface area contributed by atoms with Gasteiger partial charge in [0.2, 0.25) is 0 Å². The van der Waals surface area contributed by atoms with E-state index in [-0.39, 0.29) is 5.78 Å². The number of ketones is 1. The third kappa shape index (κ3) is 5.50. The summed E-state index contributed by atoms with van der Waals surface area (Å²) >= 11 is 0. The van der Waals surface area contributed by atoms with E-state index in [2.05, 4.69) is 27.0 Å². The largest absolute Gasteiger partial charge is 0.399 e. The number of nitrogens with zero attached hydrogens (tertiary/aromatic N) is 2. The fraction of sp³-hybridized carbons (Fsp3) is 0.0312. The summed E-state index contributed by atoms with van der Waals surface area (Å²) in [6.45, 7) is 3.49. The maximum atomic E-state index is 11.5. The van der Waals surface area contributed by atoms with Gasteiger partial charge in [-0.25, -0.2) is 0 Å². The molecule has 0 fully saturated rings. The van der Waals surface area contributed by atoms with Gasteiger partial charge in [-0.1, -0.05) is 55.1 Å². The van der Waals surface area contributed by atoms with Gasteiger partial charge in [0, 0.05) is 22.9 Å². The van der Waals surface area contributed by atoms with Crippen LogP contribution in [-0.4, -0.2) is 38.0 Å². The van der Waals surface area contributed by atoms with E-state index in [1.165, 1.54) is 6.08 Å². The molecule has 4 aromatic carbocycles. The second-order valence-corrected chi connectivity index (χ2v) is 9.54. The summed E-state index contributed by atoms with van der Waals surface area (Å²) in [6, 6.07) is 22.3. The second kappa shape index (κ2) is 11.6. The molecule has 10 heteroatoms. The molecule has 208 valence electrons. The minimum absolute atomic E-state index is 0.0281. The van der Waals surface area contributed by atoms with Crippen molar-refractivity contribution in [3.05, 3.63) is 115 Å². The van der Waals surface area contributed by atoms with Gasteiger partial charge in [0.25, 0.3) is 11.8 Å². The van der Waals surface area contributed by atoms with Gasteiger partial charge < -0.3 is 17.2 Å². The Morgan fingerprint density at radius 1 is 0.738 bits per heavy atom. The Hall–Kier alpha value is -6.03. The quantitative estimate of drug-likeness (QED) is 0.142. The van der Waals surface area contributed by atoms with Gasteiger partial charge in [-0.05, 0) is 58.2 Å². The topological polar surface area (TPSA) is 187 Å². The third-order valence-corrected chi connectivity index (χ3v) is 6.80. The van der Waals surface area contributed by atoms with Crippen molar-refractivity contribution in [3.8, 4) is 22.3 Å². The van der Waals surface area contributed by atoms with Crippen molar-refractivity contribution in [1.29, 1.82) is 0 Å². The number of amides is 2. The van der Waals surface area contributed by atoms with E-state index >= 15 is 0 Å². The summed E-state index contributed by atoms with van der Waals surface area (Å²) < 4.78 is 0. The molecular weight excluding hydrogens is 530 g/mol. The van der Waals surface area contributed by atoms with Crippen molar-refractivity contribution in [2.75, 3.05) is 5.73 Å². The first-order valence-electron chi connectivity index (χ1n) is 12.9. The minimum Gasteiger partial charge on any atom is -0.399 e. The van der Waals surface area contributed by atoms with E-state index in [1.807, 2.05) is 60.7 Å². The molecule has 8 N–H and O–H groups in total. The molecule has 0 atom stereocenters. The second-order valence-electron chi connectivity index (χ2n) is 9.54. The summed E-state index contributed by atoms with van der Waals surface area (Å²) in [5, 5.41) is 15.3. The monoisotopic (exact) mass is 557 g/mol. The maximum Gasteiger partial charge on any atom is 0.250 e. The maximum absolute atomic E-state index is 11.5. The lowest BCUT2D eigenvalue weighted by molar-refractivity contribution is -0.114. The predicted molar refractivity (Wildman–Crippen MR) is 163 cm³/mol. The molecule has 0 radical (unpaired) electrons. The molecule has 2 heterocycles. The van der Waals surface area contributed by atoms with Gasteiger partial charge in [-0.3, -0.25) is 24.6 Å². The highest BCUT2D eigenvalue weighted by Gasteiger charge is 2.14. The van der Waals surface area contributed by atoms with Crippen molar-refractivity contribution in [2.24, 2.45) is 11.5 Å². The Morgan fingerprint density at radius 2 is 1.26 bits per heavy atom. The number of aromatic nitrogens is 4. The molecule has 0 aliphatic carbocycles. The number of primary amides is 2. The highest BCUT2D eigenvalue weighted by atomic mass is 16.1. The number of carbonyl (C=O) groups excluding carboxylic acids is 3. The number of aromatic amines is 2. The molecule has 0 aliphatic rings. The van der Waals surface area contributed by atoms with Crippen LogP contribution in [-0.2, 0) is 11.2 Å². The summed E-state index contributed by atoms with van der Waals surface area (Å²) in [4.78, 5) is 34.4. The molecule has 6 rings (SSSR count). The van der Waals surface area contributed by atoms with Crippen molar-refractivity contribution < 1.29 is 14.4 Å². The molecule has 2 amide bonds. The Bertz CT molecular complexity index is 1990. The smallest absolute Gasteiger partial charge is 0.250 e. The van der Waals surface area contributed by atoms with Crippen molar-refractivity contribution >= 4 is 45.1 Å². The van der Waals surface area contributed by atoms with Crippen LogP contribution < -0.4 is 17.2 Å². The number of anilines is 1. The molecule has 0 unspecified atom stereocenters. The minimum atomic E-state index is -0.504. The third-order valence-electron chi connectivity index (χ3n) is 6.80. The Morgan fingerprint density at radius 3 is 1.76 bits per heavy atom. The van der Waals surface area contributed by atoms with E-state index in [0.717, 1.165) is 38.6 Å². The number of nitrogen functional groups attached to an aromatic ring is 1. The van der Waals surface area contributed by atoms with Gasteiger partial charge >= 0.3 is 0 Å². The van der Waals surface area contributed by atoms with Gasteiger partial charge in [-0.2, -0.15) is 10.2 Å². The lowest BCUT2D eigenvalue weighted by Gasteiger charge is -2.07. The summed E-state index contributed by atoms with van der Waals surface area (Å²) in [6.07, 6.45) is 4.98. The van der Waals surface area contributed by atoms with Gasteiger partial charge in [0.05, 0.1) is 34.6 Å². The van der Waals surface area contributed by atoms with Crippen molar-refractivity contribution in [3.63, 3.8) is 0 Å². The molecule has 2 aromatic heterocycles. The van der Waals surface area contributed by atoms with Crippen LogP contribution >= 0.6 is 0 Å². The Balaban J connectivity index is 0.000000171. The van der Waals surface area contributed by atoms with Crippen molar-refractivity contribution in [2.45, 2.75) is 6.42 Å². The van der Waals surface area contributed by atoms with E-state index in [9.17, 15) is 14.4 Å². The number of allylic oxidation sites excluding steroid dienone is 1. The number of benzene rings is 4. The first kappa shape index (κ1) is 27.5. The van der Waals surface area contributed by atoms with Crippen LogP contribution in [0.15, 0.2) is 97.8 Å². The zero-order valence-corrected chi connectivity index (χ0v) is 22.4. The molecule has 0 aliphatic heterocycles. The summed E-state index contributed by atoms with van der Waals surface area (Å²) in [5.41, 5.74) is 24.0. The lowest BCUT2D eigenvalue weighted by Crippen LogP contribution is -2.11. The van der Waals surface area contributed by atoms with Crippen LogP contribution in [0, 0.1) is 0 Å². The zero-order valence-electron chi connectivity index (χ0n) is 22.4. The number of hydrogen-bond acceptors (Lipinski definition) is 6. The van der Waals surface area contributed by atoms with Gasteiger partial charge in [0.1, 0.15) is 0 Å². The predicted octanol–water partition coefficient (Wildman–Crippen LogP) is 4.54. The molecular formula is C32H27N7O3. The first-order chi connectivity index (χ1) is 20.3. The molecule has 42 heavy (non-hydrogen) atoms. The highest BCUT2D eigenvalue weighted by molar-refractivity contribution is 6.09.